The lowest BCUT2D eigenvalue weighted by molar-refractivity contribution is 0.0525. The van der Waals surface area contributed by atoms with E-state index < -0.39 is 5.97 Å². The number of H-pyrrole nitrogens is 1. The molecule has 0 atom stereocenters. The number of hydrogen-bond acceptors (Lipinski definition) is 6. The highest BCUT2D eigenvalue weighted by Gasteiger charge is 2.26. The normalized spacial score (nSPS) is 12.6. The van der Waals surface area contributed by atoms with E-state index >= 15 is 0 Å². The van der Waals surface area contributed by atoms with Crippen LogP contribution in [-0.4, -0.2) is 30.1 Å². The number of carbonyl (C=O) groups excluding carboxylic acids is 2. The van der Waals surface area contributed by atoms with Gasteiger partial charge in [0, 0.05) is 17.1 Å². The Balaban J connectivity index is 1.73. The smallest absolute Gasteiger partial charge is 0.340 e. The first-order chi connectivity index (χ1) is 12.5. The molecule has 2 aromatic heterocycles. The fourth-order valence-corrected chi connectivity index (χ4v) is 3.15. The van der Waals surface area contributed by atoms with Gasteiger partial charge in [-0.3, -0.25) is 4.79 Å². The van der Waals surface area contributed by atoms with E-state index in [0.29, 0.717) is 39.6 Å². The van der Waals surface area contributed by atoms with Gasteiger partial charge in [-0.25, -0.2) is 4.79 Å². The van der Waals surface area contributed by atoms with Crippen LogP contribution >= 0.6 is 0 Å². The fraction of sp³-hybridized carbons (Fsp3) is 0.263. The van der Waals surface area contributed by atoms with Gasteiger partial charge in [-0.1, -0.05) is 0 Å². The monoisotopic (exact) mass is 355 g/mol. The van der Waals surface area contributed by atoms with Crippen LogP contribution < -0.4 is 9.47 Å². The summed E-state index contributed by atoms with van der Waals surface area (Å²) in [6, 6.07) is 5.12. The van der Waals surface area contributed by atoms with Gasteiger partial charge >= 0.3 is 5.97 Å². The number of aromatic amines is 1. The van der Waals surface area contributed by atoms with E-state index in [1.54, 1.807) is 39.0 Å². The van der Waals surface area contributed by atoms with Crippen molar-refractivity contribution in [2.45, 2.75) is 20.8 Å². The molecule has 7 heteroatoms. The first-order valence-electron chi connectivity index (χ1n) is 8.23. The summed E-state index contributed by atoms with van der Waals surface area (Å²) in [5, 5.41) is 0.740. The van der Waals surface area contributed by atoms with Crippen LogP contribution in [0.2, 0.25) is 0 Å². The molecule has 0 spiro atoms. The number of benzene rings is 1. The molecule has 4 rings (SSSR count). The Morgan fingerprint density at radius 2 is 1.88 bits per heavy atom. The zero-order valence-corrected chi connectivity index (χ0v) is 14.6. The summed E-state index contributed by atoms with van der Waals surface area (Å²) in [4.78, 5) is 28.0. The van der Waals surface area contributed by atoms with Crippen molar-refractivity contribution >= 4 is 22.7 Å². The molecule has 0 aliphatic carbocycles. The number of furan rings is 1. The van der Waals surface area contributed by atoms with Gasteiger partial charge in [0.05, 0.1) is 17.9 Å². The van der Waals surface area contributed by atoms with E-state index in [2.05, 4.69) is 4.98 Å². The third-order valence-electron chi connectivity index (χ3n) is 4.38. The number of ether oxygens (including phenoxy) is 3. The summed E-state index contributed by atoms with van der Waals surface area (Å²) in [5.74, 6) is 0.590. The minimum absolute atomic E-state index is 0.170. The van der Waals surface area contributed by atoms with Gasteiger partial charge in [0.25, 0.3) is 0 Å². The predicted molar refractivity (Wildman–Crippen MR) is 92.0 cm³/mol. The Labute approximate surface area is 148 Å². The zero-order chi connectivity index (χ0) is 18.4. The summed E-state index contributed by atoms with van der Waals surface area (Å²) in [6.45, 7) is 5.62. The molecule has 0 saturated carbocycles. The molecule has 0 radical (unpaired) electrons. The Morgan fingerprint density at radius 1 is 1.15 bits per heavy atom. The molecule has 0 unspecified atom stereocenters. The highest BCUT2D eigenvalue weighted by molar-refractivity contribution is 6.10. The molecule has 26 heavy (non-hydrogen) atoms. The maximum Gasteiger partial charge on any atom is 0.340 e. The van der Waals surface area contributed by atoms with Crippen molar-refractivity contribution in [3.05, 3.63) is 46.5 Å². The van der Waals surface area contributed by atoms with Crippen molar-refractivity contribution in [2.75, 3.05) is 13.4 Å². The summed E-state index contributed by atoms with van der Waals surface area (Å²) < 4.78 is 21.4. The van der Waals surface area contributed by atoms with E-state index in [1.165, 1.54) is 0 Å². The standard InChI is InChI=1S/C19H17NO6/c1-4-23-19(22)16-9(2)17(20-10(16)3)18(21)15-6-11-5-13-14(25-8-24-13)7-12(11)26-15/h5-7,20H,4,8H2,1-3H3. The summed E-state index contributed by atoms with van der Waals surface area (Å²) in [7, 11) is 0. The topological polar surface area (TPSA) is 90.8 Å². The average molecular weight is 355 g/mol. The van der Waals surface area contributed by atoms with Gasteiger partial charge in [0.1, 0.15) is 5.58 Å². The quantitative estimate of drug-likeness (QED) is 0.569. The van der Waals surface area contributed by atoms with Crippen LogP contribution in [0.15, 0.2) is 22.6 Å². The maximum absolute atomic E-state index is 12.9. The Morgan fingerprint density at radius 3 is 2.62 bits per heavy atom. The zero-order valence-electron chi connectivity index (χ0n) is 14.6. The number of ketones is 1. The number of hydrogen-bond donors (Lipinski definition) is 1. The number of fused-ring (bicyclic) bond motifs is 2. The Hall–Kier alpha value is -3.22. The molecule has 0 fully saturated rings. The van der Waals surface area contributed by atoms with Crippen molar-refractivity contribution in [3.63, 3.8) is 0 Å². The van der Waals surface area contributed by atoms with Crippen molar-refractivity contribution in [1.29, 1.82) is 0 Å². The van der Waals surface area contributed by atoms with E-state index in [4.69, 9.17) is 18.6 Å². The predicted octanol–water partition coefficient (Wildman–Crippen LogP) is 3.51. The van der Waals surface area contributed by atoms with Gasteiger partial charge in [-0.2, -0.15) is 0 Å². The lowest BCUT2D eigenvalue weighted by Crippen LogP contribution is -2.07. The third kappa shape index (κ3) is 2.44. The number of rotatable bonds is 4. The molecular formula is C19H17NO6. The van der Waals surface area contributed by atoms with Crippen molar-refractivity contribution in [3.8, 4) is 11.5 Å². The molecule has 7 nitrogen and oxygen atoms in total. The molecule has 1 N–H and O–H groups in total. The van der Waals surface area contributed by atoms with Gasteiger partial charge in [0.2, 0.25) is 12.6 Å². The summed E-state index contributed by atoms with van der Waals surface area (Å²) >= 11 is 0. The second kappa shape index (κ2) is 5.94. The summed E-state index contributed by atoms with van der Waals surface area (Å²) in [6.07, 6.45) is 0. The van der Waals surface area contributed by atoms with Crippen LogP contribution in [0, 0.1) is 13.8 Å². The molecule has 3 aromatic rings. The van der Waals surface area contributed by atoms with Crippen LogP contribution in [0.4, 0.5) is 0 Å². The molecule has 1 aliphatic rings. The maximum atomic E-state index is 12.9. The molecule has 0 amide bonds. The number of carbonyl (C=O) groups is 2. The van der Waals surface area contributed by atoms with E-state index in [1.807, 2.05) is 0 Å². The third-order valence-corrected chi connectivity index (χ3v) is 4.38. The van der Waals surface area contributed by atoms with Crippen molar-refractivity contribution < 1.29 is 28.2 Å². The number of esters is 1. The van der Waals surface area contributed by atoms with Crippen molar-refractivity contribution in [1.82, 2.24) is 4.98 Å². The number of aromatic nitrogens is 1. The van der Waals surface area contributed by atoms with Crippen LogP contribution in [0.1, 0.15) is 44.8 Å². The summed E-state index contributed by atoms with van der Waals surface area (Å²) in [5.41, 5.74) is 2.35. The van der Waals surface area contributed by atoms with Gasteiger partial charge in [-0.05, 0) is 38.5 Å². The highest BCUT2D eigenvalue weighted by Crippen LogP contribution is 2.37. The molecule has 0 saturated heterocycles. The highest BCUT2D eigenvalue weighted by atomic mass is 16.7. The van der Waals surface area contributed by atoms with Crippen molar-refractivity contribution in [2.24, 2.45) is 0 Å². The van der Waals surface area contributed by atoms with Gasteiger partial charge in [0.15, 0.2) is 17.3 Å². The molecule has 0 bridgehead atoms. The van der Waals surface area contributed by atoms with Crippen LogP contribution in [-0.2, 0) is 4.74 Å². The Bertz CT molecular complexity index is 1000. The second-order valence-corrected chi connectivity index (χ2v) is 6.03. The second-order valence-electron chi connectivity index (χ2n) is 6.03. The van der Waals surface area contributed by atoms with Crippen LogP contribution in [0.25, 0.3) is 11.0 Å². The number of aryl methyl sites for hydroxylation is 1. The molecule has 1 aliphatic heterocycles. The molecule has 134 valence electrons. The largest absolute Gasteiger partial charge is 0.462 e. The van der Waals surface area contributed by atoms with Gasteiger partial charge < -0.3 is 23.6 Å². The van der Waals surface area contributed by atoms with E-state index in [0.717, 1.165) is 5.39 Å². The lowest BCUT2D eigenvalue weighted by atomic mass is 10.1. The van der Waals surface area contributed by atoms with E-state index in [-0.39, 0.29) is 24.9 Å². The first-order valence-corrected chi connectivity index (χ1v) is 8.23. The first kappa shape index (κ1) is 16.3. The van der Waals surface area contributed by atoms with E-state index in [9.17, 15) is 9.59 Å². The average Bonchev–Trinajstić information content (AvgIpc) is 3.28. The fourth-order valence-electron chi connectivity index (χ4n) is 3.15. The van der Waals surface area contributed by atoms with Crippen LogP contribution in [0.5, 0.6) is 11.5 Å². The Kier molecular flexibility index (Phi) is 3.72. The minimum atomic E-state index is -0.451. The van der Waals surface area contributed by atoms with Gasteiger partial charge in [-0.15, -0.1) is 0 Å². The lowest BCUT2D eigenvalue weighted by Gasteiger charge is -2.02. The molecule has 3 heterocycles. The molecular weight excluding hydrogens is 338 g/mol. The SMILES string of the molecule is CCOC(=O)c1c(C)[nH]c(C(=O)c2cc3cc4c(cc3o2)OCO4)c1C. The van der Waals surface area contributed by atoms with Crippen LogP contribution in [0.3, 0.4) is 0 Å². The molecule has 1 aromatic carbocycles. The minimum Gasteiger partial charge on any atom is -0.462 e. The number of nitrogens with one attached hydrogen (secondary N) is 1.